The van der Waals surface area contributed by atoms with Crippen LogP contribution in [0.5, 0.6) is 5.75 Å². The normalized spacial score (nSPS) is 12.0. The topological polar surface area (TPSA) is 88.0 Å². The van der Waals surface area contributed by atoms with Gasteiger partial charge in [-0.1, -0.05) is 0 Å². The summed E-state index contributed by atoms with van der Waals surface area (Å²) in [6, 6.07) is 13.2. The Morgan fingerprint density at radius 3 is 2.48 bits per heavy atom. The number of hydrogen-bond donors (Lipinski definition) is 0. The van der Waals surface area contributed by atoms with E-state index < -0.39 is 12.1 Å². The molecule has 1 aromatic heterocycles. The summed E-state index contributed by atoms with van der Waals surface area (Å²) < 4.78 is 12.4. The molecule has 0 bridgehead atoms. The van der Waals surface area contributed by atoms with Crippen molar-refractivity contribution >= 4 is 12.0 Å². The lowest BCUT2D eigenvalue weighted by atomic mass is 10.1. The van der Waals surface area contributed by atoms with E-state index in [9.17, 15) is 10.1 Å². The highest BCUT2D eigenvalue weighted by molar-refractivity contribution is 5.98. The van der Waals surface area contributed by atoms with Crippen molar-refractivity contribution in [1.29, 1.82) is 10.5 Å². The Bertz CT molecular complexity index is 941. The minimum absolute atomic E-state index is 0.149. The Morgan fingerprint density at radius 2 is 1.93 bits per heavy atom. The summed E-state index contributed by atoms with van der Waals surface area (Å²) >= 11 is 0. The second-order valence-electron chi connectivity index (χ2n) is 5.94. The van der Waals surface area contributed by atoms with E-state index in [2.05, 4.69) is 0 Å². The van der Waals surface area contributed by atoms with E-state index in [-0.39, 0.29) is 5.57 Å². The third kappa shape index (κ3) is 4.56. The Hall–Kier alpha value is -3.51. The standard InChI is InChI=1S/C21H21N3O3/c1-5-26-20-8-6-19(7-9-20)24-14(2)10-17(16(24)4)11-18(13-23)21(25)27-15(3)12-22/h6-11,15H,5H2,1-4H3/b18-11+/t15-/m1/s1. The lowest BCUT2D eigenvalue weighted by Gasteiger charge is -2.11. The lowest BCUT2D eigenvalue weighted by molar-refractivity contribution is -0.140. The molecule has 27 heavy (non-hydrogen) atoms. The van der Waals surface area contributed by atoms with E-state index in [4.69, 9.17) is 14.7 Å². The van der Waals surface area contributed by atoms with Gasteiger partial charge in [-0.25, -0.2) is 4.79 Å². The Balaban J connectivity index is 2.38. The molecular formula is C21H21N3O3. The minimum Gasteiger partial charge on any atom is -0.494 e. The van der Waals surface area contributed by atoms with Crippen LogP contribution in [-0.2, 0) is 9.53 Å². The van der Waals surface area contributed by atoms with Crippen LogP contribution in [0.25, 0.3) is 11.8 Å². The highest BCUT2D eigenvalue weighted by Gasteiger charge is 2.16. The van der Waals surface area contributed by atoms with E-state index in [1.165, 1.54) is 13.0 Å². The van der Waals surface area contributed by atoms with Crippen molar-refractivity contribution in [3.05, 3.63) is 52.9 Å². The number of carbonyl (C=O) groups is 1. The number of aromatic nitrogens is 1. The molecular weight excluding hydrogens is 342 g/mol. The Labute approximate surface area is 158 Å². The zero-order valence-electron chi connectivity index (χ0n) is 15.8. The van der Waals surface area contributed by atoms with Gasteiger partial charge < -0.3 is 14.0 Å². The van der Waals surface area contributed by atoms with E-state index in [0.29, 0.717) is 6.61 Å². The molecule has 1 heterocycles. The van der Waals surface area contributed by atoms with Crippen LogP contribution in [0.3, 0.4) is 0 Å². The van der Waals surface area contributed by atoms with Gasteiger partial charge in [-0.2, -0.15) is 10.5 Å². The zero-order valence-corrected chi connectivity index (χ0v) is 15.8. The number of nitrogens with zero attached hydrogens (tertiary/aromatic N) is 3. The average molecular weight is 363 g/mol. The smallest absolute Gasteiger partial charge is 0.350 e. The first kappa shape index (κ1) is 19.8. The molecule has 2 rings (SSSR count). The van der Waals surface area contributed by atoms with E-state index in [0.717, 1.165) is 28.4 Å². The van der Waals surface area contributed by atoms with Gasteiger partial charge in [0, 0.05) is 17.1 Å². The number of carbonyl (C=O) groups excluding carboxylic acids is 1. The molecule has 0 aliphatic carbocycles. The average Bonchev–Trinajstić information content (AvgIpc) is 2.93. The number of esters is 1. The first-order valence-corrected chi connectivity index (χ1v) is 8.55. The minimum atomic E-state index is -0.912. The number of aryl methyl sites for hydroxylation is 1. The van der Waals surface area contributed by atoms with Crippen molar-refractivity contribution < 1.29 is 14.3 Å². The summed E-state index contributed by atoms with van der Waals surface area (Å²) in [4.78, 5) is 12.0. The molecule has 1 aromatic carbocycles. The molecule has 0 aliphatic rings. The fraction of sp³-hybridized carbons (Fsp3) is 0.286. The van der Waals surface area contributed by atoms with Gasteiger partial charge in [-0.15, -0.1) is 0 Å². The van der Waals surface area contributed by atoms with Crippen molar-refractivity contribution in [2.75, 3.05) is 6.61 Å². The summed E-state index contributed by atoms with van der Waals surface area (Å²) in [7, 11) is 0. The molecule has 1 atom stereocenters. The van der Waals surface area contributed by atoms with Crippen molar-refractivity contribution in [3.63, 3.8) is 0 Å². The van der Waals surface area contributed by atoms with Gasteiger partial charge in [0.1, 0.15) is 23.5 Å². The van der Waals surface area contributed by atoms with Crippen LogP contribution in [0.2, 0.25) is 0 Å². The van der Waals surface area contributed by atoms with Crippen LogP contribution >= 0.6 is 0 Å². The third-order valence-electron chi connectivity index (χ3n) is 3.98. The summed E-state index contributed by atoms with van der Waals surface area (Å²) in [5, 5.41) is 18.0. The molecule has 0 fully saturated rings. The largest absolute Gasteiger partial charge is 0.494 e. The second kappa shape index (κ2) is 8.73. The van der Waals surface area contributed by atoms with Gasteiger partial charge in [0.25, 0.3) is 0 Å². The number of benzene rings is 1. The van der Waals surface area contributed by atoms with Gasteiger partial charge in [0.2, 0.25) is 0 Å². The van der Waals surface area contributed by atoms with E-state index in [1.807, 2.05) is 61.7 Å². The predicted octanol–water partition coefficient (Wildman–Crippen LogP) is 3.86. The van der Waals surface area contributed by atoms with Crippen LogP contribution in [-0.4, -0.2) is 23.2 Å². The van der Waals surface area contributed by atoms with Crippen molar-refractivity contribution in [1.82, 2.24) is 4.57 Å². The number of ether oxygens (including phenoxy) is 2. The van der Waals surface area contributed by atoms with Crippen LogP contribution in [0.1, 0.15) is 30.8 Å². The van der Waals surface area contributed by atoms with Crippen molar-refractivity contribution in [2.24, 2.45) is 0 Å². The van der Waals surface area contributed by atoms with Crippen molar-refractivity contribution in [3.8, 4) is 23.6 Å². The second-order valence-corrected chi connectivity index (χ2v) is 5.94. The summed E-state index contributed by atoms with van der Waals surface area (Å²) in [6.45, 7) is 7.84. The number of nitriles is 2. The van der Waals surface area contributed by atoms with Gasteiger partial charge in [0.05, 0.1) is 6.61 Å². The molecule has 0 saturated heterocycles. The lowest BCUT2D eigenvalue weighted by Crippen LogP contribution is -2.14. The monoisotopic (exact) mass is 363 g/mol. The van der Waals surface area contributed by atoms with Crippen LogP contribution < -0.4 is 4.74 Å². The SMILES string of the molecule is CCOc1ccc(-n2c(C)cc(/C=C(\C#N)C(=O)O[C@H](C)C#N)c2C)cc1. The maximum atomic E-state index is 12.0. The van der Waals surface area contributed by atoms with Gasteiger partial charge >= 0.3 is 5.97 Å². The summed E-state index contributed by atoms with van der Waals surface area (Å²) in [5.41, 5.74) is 3.38. The fourth-order valence-electron chi connectivity index (χ4n) is 2.73. The molecule has 0 N–H and O–H groups in total. The maximum Gasteiger partial charge on any atom is 0.350 e. The van der Waals surface area contributed by atoms with Gasteiger partial charge in [-0.05, 0) is 69.7 Å². The van der Waals surface area contributed by atoms with E-state index >= 15 is 0 Å². The van der Waals surface area contributed by atoms with Crippen LogP contribution in [0, 0.1) is 36.5 Å². The van der Waals surface area contributed by atoms with Gasteiger partial charge in [0.15, 0.2) is 6.10 Å². The zero-order chi connectivity index (χ0) is 20.0. The number of hydrogen-bond acceptors (Lipinski definition) is 5. The first-order chi connectivity index (χ1) is 12.9. The molecule has 6 nitrogen and oxygen atoms in total. The molecule has 0 radical (unpaired) electrons. The number of rotatable bonds is 6. The van der Waals surface area contributed by atoms with Crippen molar-refractivity contribution in [2.45, 2.75) is 33.8 Å². The third-order valence-corrected chi connectivity index (χ3v) is 3.98. The van der Waals surface area contributed by atoms with E-state index in [1.54, 1.807) is 6.07 Å². The molecule has 0 unspecified atom stereocenters. The quantitative estimate of drug-likeness (QED) is 0.442. The highest BCUT2D eigenvalue weighted by Crippen LogP contribution is 2.24. The Morgan fingerprint density at radius 1 is 1.26 bits per heavy atom. The highest BCUT2D eigenvalue weighted by atomic mass is 16.5. The van der Waals surface area contributed by atoms with Gasteiger partial charge in [-0.3, -0.25) is 0 Å². The van der Waals surface area contributed by atoms with Crippen LogP contribution in [0.15, 0.2) is 35.9 Å². The molecule has 2 aromatic rings. The Kier molecular flexibility index (Phi) is 6.41. The fourth-order valence-corrected chi connectivity index (χ4v) is 2.73. The predicted molar refractivity (Wildman–Crippen MR) is 101 cm³/mol. The molecule has 0 amide bonds. The van der Waals surface area contributed by atoms with Crippen LogP contribution in [0.4, 0.5) is 0 Å². The molecule has 0 spiro atoms. The molecule has 0 aliphatic heterocycles. The summed E-state index contributed by atoms with van der Waals surface area (Å²) in [5.74, 6) is -0.0117. The maximum absolute atomic E-state index is 12.0. The summed E-state index contributed by atoms with van der Waals surface area (Å²) in [6.07, 6.45) is 0.574. The first-order valence-electron chi connectivity index (χ1n) is 8.55. The molecule has 6 heteroatoms. The molecule has 0 saturated carbocycles. The molecule has 138 valence electrons.